The minimum Gasteiger partial charge on any atom is -0.497 e. The van der Waals surface area contributed by atoms with Crippen LogP contribution in [-0.4, -0.2) is 39.3 Å². The quantitative estimate of drug-likeness (QED) is 0.796. The van der Waals surface area contributed by atoms with Crippen LogP contribution in [0.1, 0.15) is 23.2 Å². The highest BCUT2D eigenvalue weighted by Crippen LogP contribution is 2.15. The van der Waals surface area contributed by atoms with E-state index in [1.807, 2.05) is 6.07 Å². The maximum absolute atomic E-state index is 12.0. The van der Waals surface area contributed by atoms with Gasteiger partial charge in [0.05, 0.1) is 32.8 Å². The number of nitrogens with one attached hydrogen (secondary N) is 1. The molecule has 0 saturated carbocycles. The number of carbonyl (C=O) groups is 1. The third-order valence-corrected chi connectivity index (χ3v) is 3.37. The van der Waals surface area contributed by atoms with Gasteiger partial charge in [0.25, 0.3) is 0 Å². The molecule has 2 rings (SSSR count). The Morgan fingerprint density at radius 3 is 2.72 bits per heavy atom. The Hall–Kier alpha value is -1.55. The van der Waals surface area contributed by atoms with Crippen LogP contribution in [0.5, 0.6) is 5.75 Å². The summed E-state index contributed by atoms with van der Waals surface area (Å²) in [5.74, 6) is 0.427. The summed E-state index contributed by atoms with van der Waals surface area (Å²) in [7, 11) is 3.75. The van der Waals surface area contributed by atoms with Crippen molar-refractivity contribution < 1.29 is 19.2 Å². The molecule has 0 amide bonds. The van der Waals surface area contributed by atoms with Gasteiger partial charge in [-0.3, -0.25) is 0 Å². The molecule has 1 aliphatic heterocycles. The van der Waals surface area contributed by atoms with Crippen LogP contribution in [0, 0.1) is 0 Å². The van der Waals surface area contributed by atoms with Crippen molar-refractivity contribution in [3.05, 3.63) is 29.8 Å². The number of likely N-dealkylation sites (tertiary alicyclic amines) is 1. The molecular formula is C14H20NO3+. The van der Waals surface area contributed by atoms with Gasteiger partial charge in [0.15, 0.2) is 0 Å². The molecule has 0 aromatic heterocycles. The molecular weight excluding hydrogens is 230 g/mol. The highest BCUT2D eigenvalue weighted by molar-refractivity contribution is 5.89. The normalized spacial score (nSPS) is 23.4. The van der Waals surface area contributed by atoms with Crippen molar-refractivity contribution >= 4 is 5.97 Å². The van der Waals surface area contributed by atoms with E-state index in [1.165, 1.54) is 4.90 Å². The molecule has 1 aromatic rings. The van der Waals surface area contributed by atoms with Gasteiger partial charge >= 0.3 is 5.97 Å². The van der Waals surface area contributed by atoms with Gasteiger partial charge in [-0.15, -0.1) is 0 Å². The lowest BCUT2D eigenvalue weighted by Gasteiger charge is -2.26. The van der Waals surface area contributed by atoms with Crippen molar-refractivity contribution in [1.82, 2.24) is 0 Å². The second-order valence-corrected chi connectivity index (χ2v) is 4.79. The molecule has 0 aliphatic carbocycles. The van der Waals surface area contributed by atoms with E-state index in [0.717, 1.165) is 25.9 Å². The number of hydrogen-bond acceptors (Lipinski definition) is 3. The average molecular weight is 250 g/mol. The third-order valence-electron chi connectivity index (χ3n) is 3.37. The third kappa shape index (κ3) is 3.23. The summed E-state index contributed by atoms with van der Waals surface area (Å²) in [4.78, 5) is 13.5. The van der Waals surface area contributed by atoms with Gasteiger partial charge in [0, 0.05) is 12.8 Å². The van der Waals surface area contributed by atoms with Gasteiger partial charge < -0.3 is 14.4 Å². The Balaban J connectivity index is 1.94. The second-order valence-electron chi connectivity index (χ2n) is 4.79. The lowest BCUT2D eigenvalue weighted by atomic mass is 10.1. The van der Waals surface area contributed by atoms with E-state index in [-0.39, 0.29) is 12.1 Å². The van der Waals surface area contributed by atoms with Gasteiger partial charge in [-0.1, -0.05) is 6.07 Å². The van der Waals surface area contributed by atoms with E-state index in [0.29, 0.717) is 11.3 Å². The Morgan fingerprint density at radius 1 is 1.33 bits per heavy atom. The number of ether oxygens (including phenoxy) is 2. The Bertz CT molecular complexity index is 411. The molecule has 0 unspecified atom stereocenters. The van der Waals surface area contributed by atoms with Gasteiger partial charge in [-0.05, 0) is 18.2 Å². The number of esters is 1. The molecule has 1 saturated heterocycles. The first kappa shape index (κ1) is 12.9. The van der Waals surface area contributed by atoms with Gasteiger partial charge in [-0.25, -0.2) is 4.79 Å². The molecule has 0 radical (unpaired) electrons. The predicted molar refractivity (Wildman–Crippen MR) is 68.1 cm³/mol. The van der Waals surface area contributed by atoms with Crippen molar-refractivity contribution in [3.63, 3.8) is 0 Å². The summed E-state index contributed by atoms with van der Waals surface area (Å²) < 4.78 is 10.6. The van der Waals surface area contributed by atoms with Gasteiger partial charge in [0.2, 0.25) is 0 Å². The number of benzene rings is 1. The molecule has 4 heteroatoms. The highest BCUT2D eigenvalue weighted by Gasteiger charge is 2.23. The standard InChI is InChI=1S/C14H19NO3/c1-15-8-6-12(7-9-15)18-14(16)11-4-3-5-13(10-11)17-2/h3-5,10,12H,6-9H2,1-2H3/p+1. The molecule has 1 aliphatic rings. The van der Waals surface area contributed by atoms with Crippen molar-refractivity contribution in [2.75, 3.05) is 27.2 Å². The van der Waals surface area contributed by atoms with Crippen LogP contribution < -0.4 is 9.64 Å². The van der Waals surface area contributed by atoms with Crippen LogP contribution in [-0.2, 0) is 4.74 Å². The largest absolute Gasteiger partial charge is 0.497 e. The molecule has 1 heterocycles. The van der Waals surface area contributed by atoms with E-state index in [9.17, 15) is 4.79 Å². The smallest absolute Gasteiger partial charge is 0.338 e. The molecule has 1 N–H and O–H groups in total. The summed E-state index contributed by atoms with van der Waals surface area (Å²) in [5.41, 5.74) is 0.556. The Morgan fingerprint density at radius 2 is 2.06 bits per heavy atom. The van der Waals surface area contributed by atoms with Gasteiger partial charge in [-0.2, -0.15) is 0 Å². The first-order chi connectivity index (χ1) is 8.69. The molecule has 18 heavy (non-hydrogen) atoms. The van der Waals surface area contributed by atoms with Crippen molar-refractivity contribution in [2.24, 2.45) is 0 Å². The Kier molecular flexibility index (Phi) is 4.20. The zero-order valence-electron chi connectivity index (χ0n) is 10.9. The van der Waals surface area contributed by atoms with Crippen molar-refractivity contribution in [2.45, 2.75) is 18.9 Å². The van der Waals surface area contributed by atoms with E-state index >= 15 is 0 Å². The zero-order valence-corrected chi connectivity index (χ0v) is 10.9. The predicted octanol–water partition coefficient (Wildman–Crippen LogP) is 0.529. The number of piperidine rings is 1. The van der Waals surface area contributed by atoms with E-state index in [2.05, 4.69) is 7.05 Å². The molecule has 0 bridgehead atoms. The first-order valence-electron chi connectivity index (χ1n) is 6.35. The fourth-order valence-corrected chi connectivity index (χ4v) is 2.17. The van der Waals surface area contributed by atoms with E-state index in [4.69, 9.17) is 9.47 Å². The fourth-order valence-electron chi connectivity index (χ4n) is 2.17. The van der Waals surface area contributed by atoms with E-state index < -0.39 is 0 Å². The molecule has 1 aromatic carbocycles. The number of quaternary nitrogens is 1. The summed E-state index contributed by atoms with van der Waals surface area (Å²) in [6, 6.07) is 7.08. The molecule has 4 nitrogen and oxygen atoms in total. The maximum Gasteiger partial charge on any atom is 0.338 e. The minimum absolute atomic E-state index is 0.0624. The lowest BCUT2D eigenvalue weighted by Crippen LogP contribution is -3.10. The highest BCUT2D eigenvalue weighted by atomic mass is 16.5. The first-order valence-corrected chi connectivity index (χ1v) is 6.35. The van der Waals surface area contributed by atoms with Crippen LogP contribution in [0.3, 0.4) is 0 Å². The SMILES string of the molecule is COc1cccc(C(=O)OC2CC[NH+](C)CC2)c1. The van der Waals surface area contributed by atoms with Crippen LogP contribution in [0.2, 0.25) is 0 Å². The number of methoxy groups -OCH3 is 1. The average Bonchev–Trinajstić information content (AvgIpc) is 2.41. The van der Waals surface area contributed by atoms with Crippen LogP contribution >= 0.6 is 0 Å². The minimum atomic E-state index is -0.251. The summed E-state index contributed by atoms with van der Waals surface area (Å²) in [6.45, 7) is 2.13. The molecule has 0 atom stereocenters. The monoisotopic (exact) mass is 250 g/mol. The maximum atomic E-state index is 12.0. The van der Waals surface area contributed by atoms with Crippen LogP contribution in [0.25, 0.3) is 0 Å². The Labute approximate surface area is 107 Å². The van der Waals surface area contributed by atoms with Gasteiger partial charge in [0.1, 0.15) is 11.9 Å². The van der Waals surface area contributed by atoms with E-state index in [1.54, 1.807) is 25.3 Å². The van der Waals surface area contributed by atoms with Crippen molar-refractivity contribution in [3.8, 4) is 5.75 Å². The van der Waals surface area contributed by atoms with Crippen LogP contribution in [0.15, 0.2) is 24.3 Å². The summed E-state index contributed by atoms with van der Waals surface area (Å²) >= 11 is 0. The summed E-state index contributed by atoms with van der Waals surface area (Å²) in [5, 5.41) is 0. The topological polar surface area (TPSA) is 40.0 Å². The molecule has 1 fully saturated rings. The molecule has 98 valence electrons. The number of rotatable bonds is 3. The van der Waals surface area contributed by atoms with Crippen LogP contribution in [0.4, 0.5) is 0 Å². The summed E-state index contributed by atoms with van der Waals surface area (Å²) in [6.07, 6.45) is 1.95. The number of hydrogen-bond donors (Lipinski definition) is 1. The number of carbonyl (C=O) groups excluding carboxylic acids is 1. The lowest BCUT2D eigenvalue weighted by molar-refractivity contribution is -0.885. The second kappa shape index (κ2) is 5.87. The molecule has 0 spiro atoms. The van der Waals surface area contributed by atoms with Crippen molar-refractivity contribution in [1.29, 1.82) is 0 Å². The fraction of sp³-hybridized carbons (Fsp3) is 0.500. The zero-order chi connectivity index (χ0) is 13.0.